The van der Waals surface area contributed by atoms with Crippen molar-refractivity contribution in [3.63, 3.8) is 0 Å². The molecule has 6 nitrogen and oxygen atoms in total. The lowest BCUT2D eigenvalue weighted by molar-refractivity contribution is -0.123. The Kier molecular flexibility index (Phi) is 4.24. The lowest BCUT2D eigenvalue weighted by Crippen LogP contribution is -2.48. The molecule has 136 valence electrons. The molecule has 2 heterocycles. The third kappa shape index (κ3) is 3.21. The number of para-hydroxylation sites is 3. The van der Waals surface area contributed by atoms with Gasteiger partial charge in [0.15, 0.2) is 6.10 Å². The van der Waals surface area contributed by atoms with Crippen molar-refractivity contribution in [3.05, 3.63) is 60.3 Å². The standard InChI is InChI=1S/C21H19N3O3/c1-13-11-17(15-7-3-4-8-16(15)22-13)23-21(26)20-12-24(14(2)25)18-9-5-6-10-19(18)27-20/h3-11,20H,12H2,1-2H3,(H,22,23,26)/t20-/m0/s1. The molecule has 0 unspecified atom stereocenters. The van der Waals surface area contributed by atoms with Crippen LogP contribution in [0.3, 0.4) is 0 Å². The largest absolute Gasteiger partial charge is 0.476 e. The molecule has 0 spiro atoms. The molecule has 0 saturated carbocycles. The van der Waals surface area contributed by atoms with Gasteiger partial charge in [0.1, 0.15) is 5.75 Å². The number of hydrogen-bond acceptors (Lipinski definition) is 4. The molecule has 0 aliphatic carbocycles. The number of aryl methyl sites for hydroxylation is 1. The lowest BCUT2D eigenvalue weighted by atomic mass is 10.1. The van der Waals surface area contributed by atoms with Crippen LogP contribution in [0, 0.1) is 6.92 Å². The number of anilines is 2. The highest BCUT2D eigenvalue weighted by Crippen LogP contribution is 2.33. The number of ether oxygens (including phenoxy) is 1. The van der Waals surface area contributed by atoms with Gasteiger partial charge in [-0.05, 0) is 31.2 Å². The highest BCUT2D eigenvalue weighted by molar-refractivity contribution is 6.04. The molecule has 1 aromatic heterocycles. The average molecular weight is 361 g/mol. The highest BCUT2D eigenvalue weighted by Gasteiger charge is 2.32. The molecule has 1 aliphatic heterocycles. The minimum atomic E-state index is -0.795. The molecule has 6 heteroatoms. The lowest BCUT2D eigenvalue weighted by Gasteiger charge is -2.33. The number of nitrogens with one attached hydrogen (secondary N) is 1. The number of carbonyl (C=O) groups excluding carboxylic acids is 2. The van der Waals surface area contributed by atoms with Crippen LogP contribution in [0.15, 0.2) is 54.6 Å². The molecule has 4 rings (SSSR count). The molecule has 3 aromatic rings. The van der Waals surface area contributed by atoms with Gasteiger partial charge in [0.25, 0.3) is 5.91 Å². The minimum absolute atomic E-state index is 0.131. The van der Waals surface area contributed by atoms with Gasteiger partial charge in [-0.25, -0.2) is 0 Å². The van der Waals surface area contributed by atoms with E-state index in [1.165, 1.54) is 6.92 Å². The summed E-state index contributed by atoms with van der Waals surface area (Å²) < 4.78 is 5.87. The topological polar surface area (TPSA) is 71.5 Å². The summed E-state index contributed by atoms with van der Waals surface area (Å²) in [5, 5.41) is 3.80. The summed E-state index contributed by atoms with van der Waals surface area (Å²) in [4.78, 5) is 31.0. The van der Waals surface area contributed by atoms with E-state index in [-0.39, 0.29) is 18.4 Å². The van der Waals surface area contributed by atoms with E-state index in [1.807, 2.05) is 55.5 Å². The highest BCUT2D eigenvalue weighted by atomic mass is 16.5. The molecule has 0 saturated heterocycles. The Morgan fingerprint density at radius 1 is 1.15 bits per heavy atom. The van der Waals surface area contributed by atoms with Crippen LogP contribution >= 0.6 is 0 Å². The Balaban J connectivity index is 1.64. The first-order valence-electron chi connectivity index (χ1n) is 8.74. The van der Waals surface area contributed by atoms with Gasteiger partial charge in [-0.1, -0.05) is 30.3 Å². The van der Waals surface area contributed by atoms with Crippen molar-refractivity contribution in [1.82, 2.24) is 4.98 Å². The number of carbonyl (C=O) groups is 2. The second-order valence-corrected chi connectivity index (χ2v) is 6.52. The normalized spacial score (nSPS) is 15.8. The van der Waals surface area contributed by atoms with Crippen molar-refractivity contribution in [2.24, 2.45) is 0 Å². The first-order valence-corrected chi connectivity index (χ1v) is 8.74. The first-order chi connectivity index (χ1) is 13.0. The minimum Gasteiger partial charge on any atom is -0.476 e. The Labute approximate surface area is 156 Å². The molecule has 2 amide bonds. The molecule has 27 heavy (non-hydrogen) atoms. The molecule has 1 aliphatic rings. The van der Waals surface area contributed by atoms with E-state index in [1.54, 1.807) is 11.0 Å². The van der Waals surface area contributed by atoms with E-state index in [0.29, 0.717) is 17.1 Å². The van der Waals surface area contributed by atoms with Gasteiger partial charge < -0.3 is 15.0 Å². The number of hydrogen-bond donors (Lipinski definition) is 1. The fourth-order valence-electron chi connectivity index (χ4n) is 3.29. The van der Waals surface area contributed by atoms with Crippen LogP contribution < -0.4 is 15.0 Å². The maximum absolute atomic E-state index is 12.9. The molecule has 0 fully saturated rings. The van der Waals surface area contributed by atoms with Crippen LogP contribution in [0.5, 0.6) is 5.75 Å². The summed E-state index contributed by atoms with van der Waals surface area (Å²) in [6.45, 7) is 3.53. The van der Waals surface area contributed by atoms with Gasteiger partial charge in [-0.15, -0.1) is 0 Å². The molecule has 1 atom stereocenters. The second kappa shape index (κ2) is 6.72. The van der Waals surface area contributed by atoms with Crippen molar-refractivity contribution in [1.29, 1.82) is 0 Å². The monoisotopic (exact) mass is 361 g/mol. The summed E-state index contributed by atoms with van der Waals surface area (Å²) in [5.74, 6) is 0.0927. The summed E-state index contributed by atoms with van der Waals surface area (Å²) in [5.41, 5.74) is 2.98. The number of amides is 2. The van der Waals surface area contributed by atoms with E-state index in [4.69, 9.17) is 4.74 Å². The molecule has 0 bridgehead atoms. The van der Waals surface area contributed by atoms with Crippen LogP contribution in [0.4, 0.5) is 11.4 Å². The molecule has 2 aromatic carbocycles. The van der Waals surface area contributed by atoms with Crippen LogP contribution in [-0.4, -0.2) is 29.4 Å². The van der Waals surface area contributed by atoms with E-state index in [2.05, 4.69) is 10.3 Å². The maximum atomic E-state index is 12.9. The number of benzene rings is 2. The van der Waals surface area contributed by atoms with Gasteiger partial charge in [0.05, 0.1) is 23.4 Å². The fourth-order valence-corrected chi connectivity index (χ4v) is 3.29. The molecular formula is C21H19N3O3. The summed E-state index contributed by atoms with van der Waals surface area (Å²) in [6, 6.07) is 16.7. The average Bonchev–Trinajstić information content (AvgIpc) is 2.66. The fraction of sp³-hybridized carbons (Fsp3) is 0.190. The summed E-state index contributed by atoms with van der Waals surface area (Å²) in [6.07, 6.45) is -0.795. The molecular weight excluding hydrogens is 342 g/mol. The van der Waals surface area contributed by atoms with Crippen molar-refractivity contribution in [2.75, 3.05) is 16.8 Å². The van der Waals surface area contributed by atoms with Gasteiger partial charge in [-0.3, -0.25) is 14.6 Å². The van der Waals surface area contributed by atoms with E-state index in [0.717, 1.165) is 16.6 Å². The predicted octanol–water partition coefficient (Wildman–Crippen LogP) is 3.30. The number of fused-ring (bicyclic) bond motifs is 2. The Bertz CT molecular complexity index is 1050. The van der Waals surface area contributed by atoms with E-state index in [9.17, 15) is 9.59 Å². The zero-order valence-electron chi connectivity index (χ0n) is 15.1. The quantitative estimate of drug-likeness (QED) is 0.760. The van der Waals surface area contributed by atoms with E-state index >= 15 is 0 Å². The van der Waals surface area contributed by atoms with Gasteiger partial charge in [0, 0.05) is 18.0 Å². The SMILES string of the molecule is CC(=O)N1C[C@@H](C(=O)Nc2cc(C)nc3ccccc23)Oc2ccccc21. The Hall–Kier alpha value is -3.41. The number of pyridine rings is 1. The zero-order chi connectivity index (χ0) is 19.0. The van der Waals surface area contributed by atoms with Gasteiger partial charge in [0.2, 0.25) is 5.91 Å². The van der Waals surface area contributed by atoms with Crippen LogP contribution in [0.25, 0.3) is 10.9 Å². The Morgan fingerprint density at radius 3 is 2.70 bits per heavy atom. The Morgan fingerprint density at radius 2 is 1.89 bits per heavy atom. The summed E-state index contributed by atoms with van der Waals surface area (Å²) in [7, 11) is 0. The molecule has 0 radical (unpaired) electrons. The van der Waals surface area contributed by atoms with Crippen LogP contribution in [0.1, 0.15) is 12.6 Å². The predicted molar refractivity (Wildman–Crippen MR) is 104 cm³/mol. The smallest absolute Gasteiger partial charge is 0.267 e. The maximum Gasteiger partial charge on any atom is 0.267 e. The van der Waals surface area contributed by atoms with Crippen molar-refractivity contribution < 1.29 is 14.3 Å². The zero-order valence-corrected chi connectivity index (χ0v) is 15.1. The number of rotatable bonds is 2. The van der Waals surface area contributed by atoms with Crippen molar-refractivity contribution in [3.8, 4) is 5.75 Å². The number of aromatic nitrogens is 1. The van der Waals surface area contributed by atoms with Crippen molar-refractivity contribution >= 4 is 34.1 Å². The van der Waals surface area contributed by atoms with Gasteiger partial charge >= 0.3 is 0 Å². The van der Waals surface area contributed by atoms with E-state index < -0.39 is 6.10 Å². The number of nitrogens with zero attached hydrogens (tertiary/aromatic N) is 2. The van der Waals surface area contributed by atoms with Crippen LogP contribution in [-0.2, 0) is 9.59 Å². The molecule has 1 N–H and O–H groups in total. The van der Waals surface area contributed by atoms with Gasteiger partial charge in [-0.2, -0.15) is 0 Å². The second-order valence-electron chi connectivity index (χ2n) is 6.52. The van der Waals surface area contributed by atoms with Crippen LogP contribution in [0.2, 0.25) is 0 Å². The third-order valence-electron chi connectivity index (χ3n) is 4.55. The third-order valence-corrected chi connectivity index (χ3v) is 4.55. The summed E-state index contributed by atoms with van der Waals surface area (Å²) >= 11 is 0. The van der Waals surface area contributed by atoms with Crippen molar-refractivity contribution in [2.45, 2.75) is 20.0 Å². The first kappa shape index (κ1) is 17.0.